The normalized spacial score (nSPS) is 46.1. The summed E-state index contributed by atoms with van der Waals surface area (Å²) in [5.74, 6) is 0. The predicted molar refractivity (Wildman–Crippen MR) is 42.9 cm³/mol. The van der Waals surface area contributed by atoms with Crippen LogP contribution in [0.3, 0.4) is 0 Å². The molecule has 0 amide bonds. The van der Waals surface area contributed by atoms with Crippen LogP contribution in [0.15, 0.2) is 0 Å². The molecule has 76 valence electrons. The van der Waals surface area contributed by atoms with Crippen molar-refractivity contribution in [3.05, 3.63) is 0 Å². The fourth-order valence-corrected chi connectivity index (χ4v) is 1.28. The molecular formula is C6H10O6S. The Morgan fingerprint density at radius 3 is 2.08 bits per heavy atom. The fourth-order valence-electron chi connectivity index (χ4n) is 1.07. The van der Waals surface area contributed by atoms with E-state index in [2.05, 4.69) is 17.4 Å². The summed E-state index contributed by atoms with van der Waals surface area (Å²) in [6, 6.07) is 0. The van der Waals surface area contributed by atoms with Crippen molar-refractivity contribution in [2.75, 3.05) is 0 Å². The Morgan fingerprint density at radius 1 is 1.08 bits per heavy atom. The van der Waals surface area contributed by atoms with Crippen LogP contribution in [0.2, 0.25) is 0 Å². The van der Waals surface area contributed by atoms with Gasteiger partial charge in [-0.1, -0.05) is 0 Å². The largest absolute Gasteiger partial charge is 0.387 e. The molecule has 0 unspecified atom stereocenters. The number of hydrogen-bond acceptors (Lipinski definition) is 6. The van der Waals surface area contributed by atoms with E-state index < -0.39 is 35.8 Å². The third-order valence-electron chi connectivity index (χ3n) is 1.83. The SMILES string of the molecule is O=C(S)[C@H]1O[C@@H](O)[C@H](O)[C@@H](O)[C@H]1O. The molecule has 1 saturated heterocycles. The first kappa shape index (κ1) is 10.9. The molecule has 1 aliphatic heterocycles. The van der Waals surface area contributed by atoms with E-state index in [0.717, 1.165) is 0 Å². The van der Waals surface area contributed by atoms with Crippen molar-refractivity contribution in [1.29, 1.82) is 0 Å². The number of thiol groups is 1. The maximum Gasteiger partial charge on any atom is 0.217 e. The second-order valence-corrected chi connectivity index (χ2v) is 3.20. The van der Waals surface area contributed by atoms with Crippen LogP contribution < -0.4 is 0 Å². The number of ether oxygens (including phenoxy) is 1. The summed E-state index contributed by atoms with van der Waals surface area (Å²) in [5, 5.41) is 35.4. The third kappa shape index (κ3) is 2.01. The molecule has 0 spiro atoms. The second kappa shape index (κ2) is 3.91. The molecule has 0 radical (unpaired) electrons. The van der Waals surface area contributed by atoms with Gasteiger partial charge in [0.1, 0.15) is 18.3 Å². The summed E-state index contributed by atoms with van der Waals surface area (Å²) >= 11 is 3.38. The van der Waals surface area contributed by atoms with Crippen LogP contribution in [0.4, 0.5) is 0 Å². The molecule has 0 saturated carbocycles. The lowest BCUT2D eigenvalue weighted by molar-refractivity contribution is -0.273. The lowest BCUT2D eigenvalue weighted by Gasteiger charge is -2.36. The van der Waals surface area contributed by atoms with E-state index in [0.29, 0.717) is 0 Å². The number of carbonyl (C=O) groups is 1. The molecule has 0 aromatic heterocycles. The van der Waals surface area contributed by atoms with Gasteiger partial charge in [-0.05, 0) is 0 Å². The summed E-state index contributed by atoms with van der Waals surface area (Å²) in [5.41, 5.74) is 0. The highest BCUT2D eigenvalue weighted by molar-refractivity contribution is 7.96. The highest BCUT2D eigenvalue weighted by Gasteiger charge is 2.45. The van der Waals surface area contributed by atoms with E-state index in [9.17, 15) is 9.90 Å². The van der Waals surface area contributed by atoms with Gasteiger partial charge in [0.05, 0.1) is 0 Å². The monoisotopic (exact) mass is 210 g/mol. The van der Waals surface area contributed by atoms with Gasteiger partial charge in [0, 0.05) is 0 Å². The zero-order valence-corrected chi connectivity index (χ0v) is 7.33. The number of aliphatic hydroxyl groups is 4. The summed E-state index contributed by atoms with van der Waals surface area (Å²) < 4.78 is 4.51. The summed E-state index contributed by atoms with van der Waals surface area (Å²) in [4.78, 5) is 10.7. The van der Waals surface area contributed by atoms with Crippen LogP contribution >= 0.6 is 12.6 Å². The predicted octanol–water partition coefficient (Wildman–Crippen LogP) is -2.76. The first-order chi connectivity index (χ1) is 5.95. The molecular weight excluding hydrogens is 200 g/mol. The molecule has 4 N–H and O–H groups in total. The van der Waals surface area contributed by atoms with Crippen molar-refractivity contribution in [3.63, 3.8) is 0 Å². The van der Waals surface area contributed by atoms with E-state index in [4.69, 9.17) is 15.3 Å². The number of hydrogen-bond donors (Lipinski definition) is 5. The molecule has 0 bridgehead atoms. The first-order valence-corrected chi connectivity index (χ1v) is 4.00. The third-order valence-corrected chi connectivity index (χ3v) is 2.09. The van der Waals surface area contributed by atoms with Crippen molar-refractivity contribution in [1.82, 2.24) is 0 Å². The molecule has 1 fully saturated rings. The molecule has 1 heterocycles. The van der Waals surface area contributed by atoms with Gasteiger partial charge >= 0.3 is 0 Å². The maximum absolute atomic E-state index is 10.7. The van der Waals surface area contributed by atoms with Crippen LogP contribution in [0.1, 0.15) is 0 Å². The van der Waals surface area contributed by atoms with Gasteiger partial charge in [-0.2, -0.15) is 0 Å². The van der Waals surface area contributed by atoms with Crippen molar-refractivity contribution < 1.29 is 30.0 Å². The van der Waals surface area contributed by atoms with Gasteiger partial charge in [-0.25, -0.2) is 0 Å². The van der Waals surface area contributed by atoms with Crippen molar-refractivity contribution in [2.24, 2.45) is 0 Å². The molecule has 0 aromatic rings. The molecule has 0 aliphatic carbocycles. The minimum absolute atomic E-state index is 0.822. The molecule has 7 heteroatoms. The quantitative estimate of drug-likeness (QED) is 0.300. The Bertz CT molecular complexity index is 209. The van der Waals surface area contributed by atoms with E-state index in [1.165, 1.54) is 0 Å². The highest BCUT2D eigenvalue weighted by Crippen LogP contribution is 2.20. The van der Waals surface area contributed by atoms with E-state index in [1.807, 2.05) is 0 Å². The fraction of sp³-hybridized carbons (Fsp3) is 0.833. The topological polar surface area (TPSA) is 107 Å². The second-order valence-electron chi connectivity index (χ2n) is 2.76. The minimum Gasteiger partial charge on any atom is -0.387 e. The number of aliphatic hydroxyl groups excluding tert-OH is 4. The van der Waals surface area contributed by atoms with Crippen molar-refractivity contribution in [2.45, 2.75) is 30.7 Å². The lowest BCUT2D eigenvalue weighted by Crippen LogP contribution is -2.59. The molecule has 6 nitrogen and oxygen atoms in total. The van der Waals surface area contributed by atoms with Gasteiger partial charge in [0.25, 0.3) is 0 Å². The van der Waals surface area contributed by atoms with Crippen molar-refractivity contribution in [3.8, 4) is 0 Å². The van der Waals surface area contributed by atoms with Gasteiger partial charge < -0.3 is 25.2 Å². The summed E-state index contributed by atoms with van der Waals surface area (Å²) in [6.07, 6.45) is -7.94. The smallest absolute Gasteiger partial charge is 0.217 e. The van der Waals surface area contributed by atoms with Crippen LogP contribution in [0.5, 0.6) is 0 Å². The molecule has 13 heavy (non-hydrogen) atoms. The molecule has 1 aliphatic rings. The maximum atomic E-state index is 10.7. The van der Waals surface area contributed by atoms with E-state index in [1.54, 1.807) is 0 Å². The van der Waals surface area contributed by atoms with Crippen molar-refractivity contribution >= 4 is 17.7 Å². The number of carbonyl (C=O) groups excluding carboxylic acids is 1. The van der Waals surface area contributed by atoms with Gasteiger partial charge in [0.15, 0.2) is 12.4 Å². The summed E-state index contributed by atoms with van der Waals surface area (Å²) in [7, 11) is 0. The van der Waals surface area contributed by atoms with Crippen LogP contribution in [0, 0.1) is 0 Å². The van der Waals surface area contributed by atoms with Gasteiger partial charge in [-0.3, -0.25) is 4.79 Å². The molecule has 1 rings (SSSR count). The Labute approximate surface area is 79.2 Å². The average molecular weight is 210 g/mol. The Hall–Kier alpha value is -0.180. The first-order valence-electron chi connectivity index (χ1n) is 3.55. The standard InChI is InChI=1S/C6H10O6S/c7-1-2(8)4(6(11)13)12-5(10)3(1)9/h1-5,7-10H,(H,11,13)/t1-,2+,3+,4-,5+/m0/s1. The molecule has 5 atom stereocenters. The lowest BCUT2D eigenvalue weighted by atomic mass is 10.00. The van der Waals surface area contributed by atoms with Crippen LogP contribution in [-0.4, -0.2) is 56.2 Å². The van der Waals surface area contributed by atoms with Gasteiger partial charge in [-0.15, -0.1) is 12.6 Å². The highest BCUT2D eigenvalue weighted by atomic mass is 32.1. The summed E-state index contributed by atoms with van der Waals surface area (Å²) in [6.45, 7) is 0. The Kier molecular flexibility index (Phi) is 3.28. The Morgan fingerprint density at radius 2 is 1.62 bits per heavy atom. The zero-order chi connectivity index (χ0) is 10.2. The average Bonchev–Trinajstić information content (AvgIpc) is 2.07. The molecule has 0 aromatic carbocycles. The van der Waals surface area contributed by atoms with Crippen LogP contribution in [-0.2, 0) is 9.53 Å². The zero-order valence-electron chi connectivity index (χ0n) is 6.44. The number of rotatable bonds is 1. The minimum atomic E-state index is -1.69. The Balaban J connectivity index is 2.76. The van der Waals surface area contributed by atoms with E-state index in [-0.39, 0.29) is 0 Å². The van der Waals surface area contributed by atoms with E-state index >= 15 is 0 Å². The van der Waals surface area contributed by atoms with Crippen LogP contribution in [0.25, 0.3) is 0 Å². The van der Waals surface area contributed by atoms with Gasteiger partial charge in [0.2, 0.25) is 5.12 Å².